The fraction of sp³-hybridized carbons (Fsp3) is 0.571. The fourth-order valence-corrected chi connectivity index (χ4v) is 2.75. The van der Waals surface area contributed by atoms with Crippen LogP contribution >= 0.6 is 11.6 Å². The lowest BCUT2D eigenvalue weighted by molar-refractivity contribution is 0.0899. The summed E-state index contributed by atoms with van der Waals surface area (Å²) in [5, 5.41) is 3.51. The van der Waals surface area contributed by atoms with Gasteiger partial charge in [0.05, 0.1) is 5.56 Å². The molecule has 0 saturated heterocycles. The van der Waals surface area contributed by atoms with Gasteiger partial charge in [0.1, 0.15) is 5.15 Å². The number of rotatable bonds is 2. The molecular formula is C14H19ClN2O. The summed E-state index contributed by atoms with van der Waals surface area (Å²) >= 11 is 5.70. The van der Waals surface area contributed by atoms with Crippen molar-refractivity contribution in [1.82, 2.24) is 10.3 Å². The minimum Gasteiger partial charge on any atom is -0.349 e. The zero-order valence-electron chi connectivity index (χ0n) is 10.8. The molecule has 1 aromatic rings. The molecule has 1 N–H and O–H groups in total. The standard InChI is InChI=1S/C14H19ClN2O/c1-9-3-5-12(10(2)7-9)17-14(18)11-4-6-13(15)16-8-11/h4,6,8-10,12H,3,5,7H2,1-2H3,(H,17,18). The first-order valence-electron chi connectivity index (χ1n) is 6.48. The van der Waals surface area contributed by atoms with Gasteiger partial charge in [0.2, 0.25) is 0 Å². The highest BCUT2D eigenvalue weighted by molar-refractivity contribution is 6.29. The van der Waals surface area contributed by atoms with Crippen LogP contribution in [0.2, 0.25) is 5.15 Å². The van der Waals surface area contributed by atoms with Gasteiger partial charge in [0.25, 0.3) is 5.91 Å². The van der Waals surface area contributed by atoms with Crippen molar-refractivity contribution in [3.05, 3.63) is 29.0 Å². The first-order chi connectivity index (χ1) is 8.56. The van der Waals surface area contributed by atoms with Crippen LogP contribution in [-0.4, -0.2) is 16.9 Å². The SMILES string of the molecule is CC1CCC(NC(=O)c2ccc(Cl)nc2)C(C)C1. The molecule has 0 bridgehead atoms. The molecule has 0 spiro atoms. The molecule has 0 aromatic carbocycles. The average molecular weight is 267 g/mol. The molecule has 1 amide bonds. The topological polar surface area (TPSA) is 42.0 Å². The van der Waals surface area contributed by atoms with Crippen molar-refractivity contribution in [3.8, 4) is 0 Å². The molecule has 3 nitrogen and oxygen atoms in total. The van der Waals surface area contributed by atoms with E-state index >= 15 is 0 Å². The second kappa shape index (κ2) is 5.70. The van der Waals surface area contributed by atoms with Gasteiger partial charge in [-0.25, -0.2) is 4.98 Å². The third-order valence-corrected chi connectivity index (χ3v) is 3.96. The Kier molecular flexibility index (Phi) is 4.23. The smallest absolute Gasteiger partial charge is 0.253 e. The quantitative estimate of drug-likeness (QED) is 0.835. The second-order valence-electron chi connectivity index (χ2n) is 5.35. The summed E-state index contributed by atoms with van der Waals surface area (Å²) in [7, 11) is 0. The normalized spacial score (nSPS) is 27.8. The van der Waals surface area contributed by atoms with Crippen LogP contribution < -0.4 is 5.32 Å². The minimum absolute atomic E-state index is 0.0504. The molecule has 0 radical (unpaired) electrons. The fourth-order valence-electron chi connectivity index (χ4n) is 2.64. The molecule has 1 saturated carbocycles. The molecule has 1 aliphatic rings. The lowest BCUT2D eigenvalue weighted by atomic mass is 9.80. The number of hydrogen-bond acceptors (Lipinski definition) is 2. The van der Waals surface area contributed by atoms with E-state index < -0.39 is 0 Å². The van der Waals surface area contributed by atoms with Crippen molar-refractivity contribution in [2.75, 3.05) is 0 Å². The molecule has 3 atom stereocenters. The third kappa shape index (κ3) is 3.22. The van der Waals surface area contributed by atoms with Crippen molar-refractivity contribution in [3.63, 3.8) is 0 Å². The molecule has 1 heterocycles. The highest BCUT2D eigenvalue weighted by Crippen LogP contribution is 2.28. The number of carbonyl (C=O) groups excluding carboxylic acids is 1. The average Bonchev–Trinajstić information content (AvgIpc) is 2.33. The highest BCUT2D eigenvalue weighted by atomic mass is 35.5. The summed E-state index contributed by atoms with van der Waals surface area (Å²) < 4.78 is 0. The van der Waals surface area contributed by atoms with Crippen LogP contribution in [0, 0.1) is 11.8 Å². The van der Waals surface area contributed by atoms with Gasteiger partial charge in [0.15, 0.2) is 0 Å². The van der Waals surface area contributed by atoms with Gasteiger partial charge in [-0.3, -0.25) is 4.79 Å². The van der Waals surface area contributed by atoms with Crippen molar-refractivity contribution < 1.29 is 4.79 Å². The molecule has 1 fully saturated rings. The maximum atomic E-state index is 12.1. The number of nitrogens with one attached hydrogen (secondary N) is 1. The summed E-state index contributed by atoms with van der Waals surface area (Å²) in [4.78, 5) is 16.0. The first kappa shape index (κ1) is 13.3. The van der Waals surface area contributed by atoms with Gasteiger partial charge in [-0.05, 0) is 43.2 Å². The van der Waals surface area contributed by atoms with Crippen LogP contribution in [0.15, 0.2) is 18.3 Å². The van der Waals surface area contributed by atoms with Crippen molar-refractivity contribution >= 4 is 17.5 Å². The summed E-state index contributed by atoms with van der Waals surface area (Å²) in [6, 6.07) is 3.63. The number of aromatic nitrogens is 1. The molecular weight excluding hydrogens is 248 g/mol. The van der Waals surface area contributed by atoms with E-state index in [0.717, 1.165) is 12.3 Å². The van der Waals surface area contributed by atoms with Gasteiger partial charge >= 0.3 is 0 Å². The monoisotopic (exact) mass is 266 g/mol. The lowest BCUT2D eigenvalue weighted by Gasteiger charge is -2.33. The molecule has 18 heavy (non-hydrogen) atoms. The summed E-state index contributed by atoms with van der Waals surface area (Å²) in [6.07, 6.45) is 4.96. The van der Waals surface area contributed by atoms with Gasteiger partial charge in [-0.2, -0.15) is 0 Å². The Morgan fingerprint density at radius 1 is 1.39 bits per heavy atom. The van der Waals surface area contributed by atoms with E-state index in [1.165, 1.54) is 19.0 Å². The summed E-state index contributed by atoms with van der Waals surface area (Å²) in [5.41, 5.74) is 0.574. The third-order valence-electron chi connectivity index (χ3n) is 3.74. The van der Waals surface area contributed by atoms with Crippen molar-refractivity contribution in [2.24, 2.45) is 11.8 Å². The molecule has 4 heteroatoms. The predicted molar refractivity (Wildman–Crippen MR) is 72.7 cm³/mol. The van der Waals surface area contributed by atoms with Crippen molar-refractivity contribution in [1.29, 1.82) is 0 Å². The molecule has 3 unspecified atom stereocenters. The van der Waals surface area contributed by atoms with Crippen LogP contribution in [0.3, 0.4) is 0 Å². The number of hydrogen-bond donors (Lipinski definition) is 1. The number of carbonyl (C=O) groups is 1. The number of nitrogens with zero attached hydrogens (tertiary/aromatic N) is 1. The van der Waals surface area contributed by atoms with Crippen LogP contribution in [0.4, 0.5) is 0 Å². The largest absolute Gasteiger partial charge is 0.349 e. The zero-order valence-corrected chi connectivity index (χ0v) is 11.6. The molecule has 1 aliphatic carbocycles. The Balaban J connectivity index is 1.97. The van der Waals surface area contributed by atoms with E-state index in [-0.39, 0.29) is 11.9 Å². The summed E-state index contributed by atoms with van der Waals surface area (Å²) in [6.45, 7) is 4.48. The molecule has 2 rings (SSSR count). The number of amides is 1. The summed E-state index contributed by atoms with van der Waals surface area (Å²) in [5.74, 6) is 1.26. The lowest BCUT2D eigenvalue weighted by Crippen LogP contribution is -2.42. The van der Waals surface area contributed by atoms with E-state index in [4.69, 9.17) is 11.6 Å². The van der Waals surface area contributed by atoms with Crippen LogP contribution in [-0.2, 0) is 0 Å². The van der Waals surface area contributed by atoms with Gasteiger partial charge < -0.3 is 5.32 Å². The number of pyridine rings is 1. The Morgan fingerprint density at radius 3 is 2.78 bits per heavy atom. The van der Waals surface area contributed by atoms with Gasteiger partial charge in [-0.1, -0.05) is 25.4 Å². The van der Waals surface area contributed by atoms with E-state index in [1.807, 2.05) is 0 Å². The van der Waals surface area contributed by atoms with E-state index in [9.17, 15) is 4.79 Å². The minimum atomic E-state index is -0.0504. The second-order valence-corrected chi connectivity index (χ2v) is 5.73. The Hall–Kier alpha value is -1.09. The van der Waals surface area contributed by atoms with Gasteiger partial charge in [-0.15, -0.1) is 0 Å². The number of halogens is 1. The van der Waals surface area contributed by atoms with Crippen LogP contribution in [0.5, 0.6) is 0 Å². The zero-order chi connectivity index (χ0) is 13.1. The van der Waals surface area contributed by atoms with E-state index in [2.05, 4.69) is 24.1 Å². The first-order valence-corrected chi connectivity index (χ1v) is 6.86. The highest BCUT2D eigenvalue weighted by Gasteiger charge is 2.26. The maximum Gasteiger partial charge on any atom is 0.253 e. The van der Waals surface area contributed by atoms with Crippen LogP contribution in [0.1, 0.15) is 43.5 Å². The van der Waals surface area contributed by atoms with Gasteiger partial charge in [0, 0.05) is 12.2 Å². The predicted octanol–water partition coefficient (Wildman–Crippen LogP) is 3.29. The Morgan fingerprint density at radius 2 is 2.17 bits per heavy atom. The van der Waals surface area contributed by atoms with Crippen LogP contribution in [0.25, 0.3) is 0 Å². The van der Waals surface area contributed by atoms with E-state index in [1.54, 1.807) is 12.1 Å². The molecule has 0 aliphatic heterocycles. The molecule has 1 aromatic heterocycles. The Labute approximate surface area is 113 Å². The van der Waals surface area contributed by atoms with E-state index in [0.29, 0.717) is 16.6 Å². The van der Waals surface area contributed by atoms with Crippen molar-refractivity contribution in [2.45, 2.75) is 39.2 Å². The molecule has 98 valence electrons. The Bertz CT molecular complexity index is 418. The maximum absolute atomic E-state index is 12.1.